The maximum Gasteiger partial charge on any atom is 0.573 e. The summed E-state index contributed by atoms with van der Waals surface area (Å²) in [5.41, 5.74) is 1.08. The Balaban J connectivity index is 1.93. The van der Waals surface area contributed by atoms with Gasteiger partial charge in [0.1, 0.15) is 12.4 Å². The van der Waals surface area contributed by atoms with E-state index in [0.717, 1.165) is 17.7 Å². The largest absolute Gasteiger partial charge is 0.573 e. The molecule has 0 fully saturated rings. The van der Waals surface area contributed by atoms with Gasteiger partial charge in [-0.3, -0.25) is 5.32 Å². The van der Waals surface area contributed by atoms with Crippen molar-refractivity contribution in [2.24, 2.45) is 0 Å². The molecule has 1 amide bonds. The topological polar surface area (TPSA) is 47.6 Å². The number of carbonyl (C=O) groups excluding carboxylic acids is 1. The van der Waals surface area contributed by atoms with Gasteiger partial charge in [0.25, 0.3) is 0 Å². The number of alkyl halides is 3. The molecule has 1 N–H and O–H groups in total. The highest BCUT2D eigenvalue weighted by atomic mass is 79.9. The fourth-order valence-corrected chi connectivity index (χ4v) is 2.12. The van der Waals surface area contributed by atoms with E-state index in [1.54, 1.807) is 12.1 Å². The highest BCUT2D eigenvalue weighted by Gasteiger charge is 2.31. The van der Waals surface area contributed by atoms with Crippen molar-refractivity contribution < 1.29 is 27.4 Å². The number of anilines is 1. The third-order valence-electron chi connectivity index (χ3n) is 2.62. The van der Waals surface area contributed by atoms with Crippen LogP contribution in [0.25, 0.3) is 0 Å². The molecule has 0 aliphatic rings. The molecule has 0 saturated heterocycles. The van der Waals surface area contributed by atoms with E-state index in [1.807, 2.05) is 18.2 Å². The van der Waals surface area contributed by atoms with E-state index in [0.29, 0.717) is 0 Å². The second kappa shape index (κ2) is 7.36. The average Bonchev–Trinajstić information content (AvgIpc) is 2.47. The van der Waals surface area contributed by atoms with Crippen LogP contribution in [0.5, 0.6) is 5.75 Å². The first-order valence-corrected chi connectivity index (χ1v) is 7.16. The van der Waals surface area contributed by atoms with Gasteiger partial charge in [-0.1, -0.05) is 30.3 Å². The number of hydrogen-bond acceptors (Lipinski definition) is 3. The Bertz CT molecular complexity index is 677. The minimum Gasteiger partial charge on any atom is -0.444 e. The number of halogens is 4. The van der Waals surface area contributed by atoms with Gasteiger partial charge in [0.05, 0.1) is 5.69 Å². The molecular formula is C15H11BrF3NO3. The smallest absolute Gasteiger partial charge is 0.444 e. The van der Waals surface area contributed by atoms with Gasteiger partial charge in [-0.25, -0.2) is 4.79 Å². The molecule has 8 heteroatoms. The lowest BCUT2D eigenvalue weighted by Gasteiger charge is -2.12. The van der Waals surface area contributed by atoms with Crippen molar-refractivity contribution in [1.82, 2.24) is 0 Å². The SMILES string of the molecule is O=C(Nc1ccc(OC(F)(F)F)cc1Br)OCc1ccccc1. The number of hydrogen-bond donors (Lipinski definition) is 1. The van der Waals surface area contributed by atoms with Crippen molar-refractivity contribution in [3.8, 4) is 5.75 Å². The van der Waals surface area contributed by atoms with Gasteiger partial charge in [-0.15, -0.1) is 13.2 Å². The lowest BCUT2D eigenvalue weighted by molar-refractivity contribution is -0.274. The van der Waals surface area contributed by atoms with Crippen LogP contribution in [0.15, 0.2) is 53.0 Å². The number of amides is 1. The van der Waals surface area contributed by atoms with Gasteiger partial charge in [0.2, 0.25) is 0 Å². The van der Waals surface area contributed by atoms with Crippen molar-refractivity contribution in [2.75, 3.05) is 5.32 Å². The summed E-state index contributed by atoms with van der Waals surface area (Å²) in [5.74, 6) is -0.396. The van der Waals surface area contributed by atoms with Crippen molar-refractivity contribution >= 4 is 27.7 Å². The Morgan fingerprint density at radius 3 is 2.43 bits per heavy atom. The Morgan fingerprint density at radius 2 is 1.83 bits per heavy atom. The van der Waals surface area contributed by atoms with Crippen LogP contribution in [0.2, 0.25) is 0 Å². The first kappa shape index (κ1) is 17.1. The molecule has 0 radical (unpaired) electrons. The molecule has 0 aromatic heterocycles. The van der Waals surface area contributed by atoms with Crippen molar-refractivity contribution in [2.45, 2.75) is 13.0 Å². The molecule has 2 rings (SSSR count). The molecule has 0 bridgehead atoms. The molecule has 0 spiro atoms. The summed E-state index contributed by atoms with van der Waals surface area (Å²) in [4.78, 5) is 11.7. The molecule has 0 heterocycles. The molecular weight excluding hydrogens is 379 g/mol. The highest BCUT2D eigenvalue weighted by molar-refractivity contribution is 9.10. The predicted molar refractivity (Wildman–Crippen MR) is 81.1 cm³/mol. The predicted octanol–water partition coefficient (Wildman–Crippen LogP) is 5.10. The zero-order valence-electron chi connectivity index (χ0n) is 11.6. The summed E-state index contributed by atoms with van der Waals surface area (Å²) < 4.78 is 45.4. The molecule has 0 aliphatic heterocycles. The van der Waals surface area contributed by atoms with Gasteiger partial charge in [0.15, 0.2) is 0 Å². The average molecular weight is 390 g/mol. The van der Waals surface area contributed by atoms with Gasteiger partial charge < -0.3 is 9.47 Å². The van der Waals surface area contributed by atoms with Gasteiger partial charge in [0, 0.05) is 4.47 Å². The molecule has 4 nitrogen and oxygen atoms in total. The number of nitrogens with one attached hydrogen (secondary N) is 1. The minimum atomic E-state index is -4.77. The molecule has 0 unspecified atom stereocenters. The molecule has 0 atom stereocenters. The minimum absolute atomic E-state index is 0.0829. The van der Waals surface area contributed by atoms with Crippen LogP contribution >= 0.6 is 15.9 Å². The lowest BCUT2D eigenvalue weighted by Crippen LogP contribution is -2.17. The third kappa shape index (κ3) is 5.82. The highest BCUT2D eigenvalue weighted by Crippen LogP contribution is 2.30. The first-order chi connectivity index (χ1) is 10.8. The molecule has 0 aliphatic carbocycles. The monoisotopic (exact) mass is 389 g/mol. The number of benzene rings is 2. The molecule has 2 aromatic carbocycles. The standard InChI is InChI=1S/C15H11BrF3NO3/c16-12-8-11(23-15(17,18)19)6-7-13(12)20-14(21)22-9-10-4-2-1-3-5-10/h1-8H,9H2,(H,20,21). The summed E-state index contributed by atoms with van der Waals surface area (Å²) in [7, 11) is 0. The number of rotatable bonds is 4. The fraction of sp³-hybridized carbons (Fsp3) is 0.133. The van der Waals surface area contributed by atoms with Crippen LogP contribution in [0, 0.1) is 0 Å². The van der Waals surface area contributed by atoms with Gasteiger partial charge in [-0.05, 0) is 39.7 Å². The Morgan fingerprint density at radius 1 is 1.13 bits per heavy atom. The van der Waals surface area contributed by atoms with Gasteiger partial charge >= 0.3 is 12.5 Å². The fourth-order valence-electron chi connectivity index (χ4n) is 1.66. The summed E-state index contributed by atoms with van der Waals surface area (Å²) in [6.45, 7) is 0.0829. The maximum absolute atomic E-state index is 12.1. The van der Waals surface area contributed by atoms with E-state index in [1.165, 1.54) is 6.07 Å². The van der Waals surface area contributed by atoms with Crippen LogP contribution in [0.1, 0.15) is 5.56 Å². The van der Waals surface area contributed by atoms with Crippen LogP contribution in [-0.4, -0.2) is 12.5 Å². The van der Waals surface area contributed by atoms with Crippen molar-refractivity contribution in [1.29, 1.82) is 0 Å². The number of carbonyl (C=O) groups is 1. The zero-order chi connectivity index (χ0) is 16.9. The zero-order valence-corrected chi connectivity index (χ0v) is 13.1. The Kier molecular flexibility index (Phi) is 5.49. The summed E-state index contributed by atoms with van der Waals surface area (Å²) in [6, 6.07) is 12.5. The number of ether oxygens (including phenoxy) is 2. The van der Waals surface area contributed by atoms with E-state index in [9.17, 15) is 18.0 Å². The van der Waals surface area contributed by atoms with Crippen LogP contribution in [-0.2, 0) is 11.3 Å². The van der Waals surface area contributed by atoms with Gasteiger partial charge in [-0.2, -0.15) is 0 Å². The van der Waals surface area contributed by atoms with E-state index in [2.05, 4.69) is 26.0 Å². The van der Waals surface area contributed by atoms with Crippen LogP contribution < -0.4 is 10.1 Å². The first-order valence-electron chi connectivity index (χ1n) is 6.36. The normalized spacial score (nSPS) is 11.0. The Hall–Kier alpha value is -2.22. The molecule has 23 heavy (non-hydrogen) atoms. The maximum atomic E-state index is 12.1. The van der Waals surface area contributed by atoms with E-state index >= 15 is 0 Å². The summed E-state index contributed by atoms with van der Waals surface area (Å²) in [5, 5.41) is 2.43. The second-order valence-corrected chi connectivity index (χ2v) is 5.23. The summed E-state index contributed by atoms with van der Waals surface area (Å²) >= 11 is 3.06. The van der Waals surface area contributed by atoms with Crippen LogP contribution in [0.3, 0.4) is 0 Å². The van der Waals surface area contributed by atoms with Crippen LogP contribution in [0.4, 0.5) is 23.7 Å². The third-order valence-corrected chi connectivity index (χ3v) is 3.28. The lowest BCUT2D eigenvalue weighted by atomic mass is 10.2. The Labute approximate surface area is 138 Å². The van der Waals surface area contributed by atoms with E-state index in [-0.39, 0.29) is 16.8 Å². The van der Waals surface area contributed by atoms with Crippen molar-refractivity contribution in [3.63, 3.8) is 0 Å². The molecule has 122 valence electrons. The van der Waals surface area contributed by atoms with Crippen molar-refractivity contribution in [3.05, 3.63) is 58.6 Å². The molecule has 2 aromatic rings. The van der Waals surface area contributed by atoms with E-state index in [4.69, 9.17) is 4.74 Å². The second-order valence-electron chi connectivity index (χ2n) is 4.38. The van der Waals surface area contributed by atoms with E-state index < -0.39 is 18.2 Å². The quantitative estimate of drug-likeness (QED) is 0.791. The molecule has 0 saturated carbocycles. The summed E-state index contributed by atoms with van der Waals surface area (Å²) in [6.07, 6.45) is -5.50.